The third-order valence-electron chi connectivity index (χ3n) is 6.46. The van der Waals surface area contributed by atoms with E-state index in [-0.39, 0.29) is 17.9 Å². The van der Waals surface area contributed by atoms with Crippen LogP contribution in [0.25, 0.3) is 10.2 Å². The summed E-state index contributed by atoms with van der Waals surface area (Å²) < 4.78 is 4.08. The first-order valence-corrected chi connectivity index (χ1v) is 12.1. The van der Waals surface area contributed by atoms with Gasteiger partial charge < -0.3 is 14.8 Å². The molecule has 1 saturated carbocycles. The van der Waals surface area contributed by atoms with Crippen LogP contribution in [0.3, 0.4) is 0 Å². The number of halogens is 1. The van der Waals surface area contributed by atoms with E-state index < -0.39 is 5.54 Å². The third-order valence-corrected chi connectivity index (χ3v) is 7.80. The molecule has 7 heteroatoms. The van der Waals surface area contributed by atoms with Crippen LogP contribution in [0, 0.1) is 0 Å². The minimum atomic E-state index is -0.955. The summed E-state index contributed by atoms with van der Waals surface area (Å²) in [5.41, 5.74) is 1.74. The van der Waals surface area contributed by atoms with Crippen LogP contribution in [0.4, 0.5) is 0 Å². The second-order valence-corrected chi connectivity index (χ2v) is 10.4. The Kier molecular flexibility index (Phi) is 4.98. The second-order valence-electron chi connectivity index (χ2n) is 8.54. The van der Waals surface area contributed by atoms with Crippen LogP contribution in [0.15, 0.2) is 46.3 Å². The lowest BCUT2D eigenvalue weighted by molar-refractivity contribution is -0.133. The van der Waals surface area contributed by atoms with Gasteiger partial charge in [0.2, 0.25) is 5.91 Å². The molecule has 3 aromatic rings. The molecule has 1 fully saturated rings. The number of fused-ring (bicyclic) bond motifs is 3. The molecule has 2 amide bonds. The average Bonchev–Trinajstić information content (AvgIpc) is 3.44. The van der Waals surface area contributed by atoms with Crippen molar-refractivity contribution in [1.29, 1.82) is 0 Å². The summed E-state index contributed by atoms with van der Waals surface area (Å²) in [6.07, 6.45) is 4.34. The number of carbonyl (C=O) groups is 2. The van der Waals surface area contributed by atoms with Gasteiger partial charge in [0.1, 0.15) is 11.2 Å². The largest absolute Gasteiger partial charge is 0.351 e. The lowest BCUT2D eigenvalue weighted by Gasteiger charge is -2.44. The van der Waals surface area contributed by atoms with Crippen molar-refractivity contribution in [3.8, 4) is 0 Å². The van der Waals surface area contributed by atoms with Crippen LogP contribution in [0.1, 0.15) is 48.7 Å². The second kappa shape index (κ2) is 7.54. The van der Waals surface area contributed by atoms with E-state index >= 15 is 0 Å². The molecule has 1 aromatic carbocycles. The normalized spacial score (nSPS) is 21.9. The van der Waals surface area contributed by atoms with Gasteiger partial charge in [0, 0.05) is 17.1 Å². The number of carbonyl (C=O) groups excluding carboxylic acids is 2. The number of hydrogen-bond donors (Lipinski definition) is 1. The van der Waals surface area contributed by atoms with Gasteiger partial charge in [-0.05, 0) is 55.0 Å². The zero-order valence-electron chi connectivity index (χ0n) is 16.9. The van der Waals surface area contributed by atoms with Crippen molar-refractivity contribution < 1.29 is 9.59 Å². The lowest BCUT2D eigenvalue weighted by Crippen LogP contribution is -2.64. The highest BCUT2D eigenvalue weighted by molar-refractivity contribution is 9.10. The fraction of sp³-hybridized carbons (Fsp3) is 0.391. The van der Waals surface area contributed by atoms with E-state index in [1.54, 1.807) is 16.2 Å². The quantitative estimate of drug-likeness (QED) is 0.568. The zero-order valence-corrected chi connectivity index (χ0v) is 19.3. The Bertz CT molecular complexity index is 1130. The van der Waals surface area contributed by atoms with Crippen LogP contribution in [0.5, 0.6) is 0 Å². The number of thiophene rings is 1. The summed E-state index contributed by atoms with van der Waals surface area (Å²) in [6, 6.07) is 12.1. The Morgan fingerprint density at radius 2 is 2.07 bits per heavy atom. The van der Waals surface area contributed by atoms with E-state index in [1.165, 1.54) is 0 Å². The summed E-state index contributed by atoms with van der Waals surface area (Å²) in [5, 5.41) is 5.28. The maximum absolute atomic E-state index is 13.6. The molecule has 30 heavy (non-hydrogen) atoms. The fourth-order valence-corrected chi connectivity index (χ4v) is 6.02. The first-order valence-electron chi connectivity index (χ1n) is 10.4. The summed E-state index contributed by atoms with van der Waals surface area (Å²) >= 11 is 5.14. The highest BCUT2D eigenvalue weighted by atomic mass is 79.9. The highest BCUT2D eigenvalue weighted by Crippen LogP contribution is 2.35. The molecule has 0 spiro atoms. The maximum atomic E-state index is 13.6. The smallest absolute Gasteiger partial charge is 0.271 e. The van der Waals surface area contributed by atoms with Crippen LogP contribution in [-0.2, 0) is 17.9 Å². The summed E-state index contributed by atoms with van der Waals surface area (Å²) in [6.45, 7) is 2.76. The summed E-state index contributed by atoms with van der Waals surface area (Å²) in [5.74, 6) is -0.144. The van der Waals surface area contributed by atoms with Gasteiger partial charge in [0.15, 0.2) is 0 Å². The van der Waals surface area contributed by atoms with Crippen LogP contribution < -0.4 is 5.32 Å². The van der Waals surface area contributed by atoms with Crippen LogP contribution >= 0.6 is 27.3 Å². The van der Waals surface area contributed by atoms with Crippen molar-refractivity contribution in [2.24, 2.45) is 0 Å². The molecule has 5 nitrogen and oxygen atoms in total. The molecule has 0 radical (unpaired) electrons. The molecule has 2 aliphatic rings. The molecule has 1 aliphatic heterocycles. The van der Waals surface area contributed by atoms with Crippen molar-refractivity contribution in [2.75, 3.05) is 0 Å². The molecule has 3 heterocycles. The van der Waals surface area contributed by atoms with Crippen molar-refractivity contribution in [3.63, 3.8) is 0 Å². The molecule has 0 saturated heterocycles. The van der Waals surface area contributed by atoms with Gasteiger partial charge in [-0.2, -0.15) is 0 Å². The average molecular weight is 486 g/mol. The summed E-state index contributed by atoms with van der Waals surface area (Å²) in [4.78, 5) is 29.0. The molecular formula is C23H24BrN3O2S. The molecule has 1 aliphatic carbocycles. The van der Waals surface area contributed by atoms with Gasteiger partial charge in [-0.3, -0.25) is 9.59 Å². The van der Waals surface area contributed by atoms with Gasteiger partial charge in [0.25, 0.3) is 5.91 Å². The van der Waals surface area contributed by atoms with Gasteiger partial charge in [0.05, 0.1) is 16.8 Å². The monoisotopic (exact) mass is 485 g/mol. The number of hydrogen-bond acceptors (Lipinski definition) is 3. The number of benzene rings is 1. The number of aromatic nitrogens is 1. The Balaban J connectivity index is 1.55. The van der Waals surface area contributed by atoms with Crippen LogP contribution in [0.2, 0.25) is 0 Å². The van der Waals surface area contributed by atoms with E-state index in [4.69, 9.17) is 0 Å². The SMILES string of the molecule is CC1(C(=O)NC2CCCC2)Cn2c(cc3sccc32)C(=O)N1Cc1cccc(Br)c1. The van der Waals surface area contributed by atoms with E-state index in [0.29, 0.717) is 18.8 Å². The first-order chi connectivity index (χ1) is 14.5. The molecule has 1 N–H and O–H groups in total. The molecule has 2 aromatic heterocycles. The minimum Gasteiger partial charge on any atom is -0.351 e. The Morgan fingerprint density at radius 1 is 1.27 bits per heavy atom. The van der Waals surface area contributed by atoms with Crippen molar-refractivity contribution >= 4 is 49.3 Å². The van der Waals surface area contributed by atoms with Gasteiger partial charge in [-0.1, -0.05) is 40.9 Å². The van der Waals surface area contributed by atoms with Crippen molar-refractivity contribution in [3.05, 3.63) is 57.5 Å². The fourth-order valence-electron chi connectivity index (χ4n) is 4.75. The highest BCUT2D eigenvalue weighted by Gasteiger charge is 2.48. The predicted octanol–water partition coefficient (Wildman–Crippen LogP) is 4.94. The molecular weight excluding hydrogens is 462 g/mol. The number of nitrogens with one attached hydrogen (secondary N) is 1. The molecule has 0 bridgehead atoms. The third kappa shape index (κ3) is 3.28. The predicted molar refractivity (Wildman–Crippen MR) is 123 cm³/mol. The van der Waals surface area contributed by atoms with Gasteiger partial charge >= 0.3 is 0 Å². The zero-order chi connectivity index (χ0) is 20.9. The summed E-state index contributed by atoms with van der Waals surface area (Å²) in [7, 11) is 0. The number of amides is 2. The van der Waals surface area contributed by atoms with Gasteiger partial charge in [-0.15, -0.1) is 11.3 Å². The van der Waals surface area contributed by atoms with Crippen molar-refractivity contribution in [1.82, 2.24) is 14.8 Å². The molecule has 1 atom stereocenters. The molecule has 5 rings (SSSR count). The van der Waals surface area contributed by atoms with E-state index in [9.17, 15) is 9.59 Å². The standard InChI is InChI=1S/C23H24BrN3O2S/c1-23(22(29)25-17-7-2-3-8-17)14-26-18-9-10-30-20(18)12-19(26)21(28)27(23)13-15-5-4-6-16(24)11-15/h4-6,9-12,17H,2-3,7-8,13-14H2,1H3,(H,25,29). The first kappa shape index (κ1) is 19.8. The Labute approximate surface area is 188 Å². The van der Waals surface area contributed by atoms with Crippen LogP contribution in [-0.4, -0.2) is 32.9 Å². The number of nitrogens with zero attached hydrogens (tertiary/aromatic N) is 2. The van der Waals surface area contributed by atoms with E-state index in [2.05, 4.69) is 21.2 Å². The number of rotatable bonds is 4. The van der Waals surface area contributed by atoms with E-state index in [0.717, 1.165) is 45.9 Å². The van der Waals surface area contributed by atoms with Crippen molar-refractivity contribution in [2.45, 2.75) is 57.3 Å². The molecule has 156 valence electrons. The topological polar surface area (TPSA) is 54.3 Å². The molecule has 1 unspecified atom stereocenters. The van der Waals surface area contributed by atoms with E-state index in [1.807, 2.05) is 53.3 Å². The van der Waals surface area contributed by atoms with Gasteiger partial charge in [-0.25, -0.2) is 0 Å². The minimum absolute atomic E-state index is 0.0551. The lowest BCUT2D eigenvalue weighted by atomic mass is 9.93. The maximum Gasteiger partial charge on any atom is 0.271 e. The Hall–Kier alpha value is -2.12. The Morgan fingerprint density at radius 3 is 2.83 bits per heavy atom.